The number of likely N-dealkylation sites (N-methyl/N-ethyl adjacent to an activating group) is 1. The van der Waals surface area contributed by atoms with E-state index in [1.165, 1.54) is 0 Å². The summed E-state index contributed by atoms with van der Waals surface area (Å²) < 4.78 is 0. The smallest absolute Gasteiger partial charge is 0.245 e. The van der Waals surface area contributed by atoms with Gasteiger partial charge in [0, 0.05) is 19.2 Å². The number of nitrogens with one attached hydrogen (secondary N) is 2. The molecule has 3 atom stereocenters. The Hall–Kier alpha value is -1.23. The molecule has 0 aromatic rings. The first-order chi connectivity index (χ1) is 9.60. The van der Waals surface area contributed by atoms with Crippen molar-refractivity contribution in [3.8, 4) is 0 Å². The predicted octanol–water partition coefficient (Wildman–Crippen LogP) is 1.32. The maximum absolute atomic E-state index is 11.9. The fourth-order valence-corrected chi connectivity index (χ4v) is 2.44. The number of hydrogen-bond donors (Lipinski definition) is 2. The Morgan fingerprint density at radius 1 is 1.40 bits per heavy atom. The molecule has 2 N–H and O–H groups in total. The Labute approximate surface area is 121 Å². The number of nitrogens with zero attached hydrogens (tertiary/aromatic N) is 1. The largest absolute Gasteiger partial charge is 0.354 e. The third kappa shape index (κ3) is 5.04. The van der Waals surface area contributed by atoms with E-state index in [9.17, 15) is 9.59 Å². The standard InChI is InChI=1S/C15H27N3O2/c1-4-13(19)12(16-3)7-5-6-9-18-15(20)14-11(2)8-10-17-14/h10-12,14,16H,4-9H2,1-3H3,(H,18,20). The van der Waals surface area contributed by atoms with Crippen LogP contribution in [0.2, 0.25) is 0 Å². The van der Waals surface area contributed by atoms with Crippen LogP contribution in [0.15, 0.2) is 4.99 Å². The number of aliphatic imine (C=N–C) groups is 1. The highest BCUT2D eigenvalue weighted by molar-refractivity contribution is 5.85. The van der Waals surface area contributed by atoms with Crippen LogP contribution in [0, 0.1) is 5.92 Å². The summed E-state index contributed by atoms with van der Waals surface area (Å²) in [5, 5.41) is 5.98. The molecule has 0 fully saturated rings. The summed E-state index contributed by atoms with van der Waals surface area (Å²) in [6, 6.07) is -0.253. The van der Waals surface area contributed by atoms with Crippen LogP contribution in [-0.2, 0) is 9.59 Å². The molecule has 0 aromatic heterocycles. The average molecular weight is 281 g/mol. The van der Waals surface area contributed by atoms with Crippen molar-refractivity contribution in [1.82, 2.24) is 10.6 Å². The summed E-state index contributed by atoms with van der Waals surface area (Å²) in [6.07, 6.45) is 5.95. The number of carbonyl (C=O) groups excluding carboxylic acids is 2. The predicted molar refractivity (Wildman–Crippen MR) is 81.1 cm³/mol. The molecule has 0 spiro atoms. The van der Waals surface area contributed by atoms with Gasteiger partial charge in [-0.1, -0.05) is 13.8 Å². The van der Waals surface area contributed by atoms with Crippen molar-refractivity contribution >= 4 is 17.9 Å². The first kappa shape index (κ1) is 16.8. The lowest BCUT2D eigenvalue weighted by Crippen LogP contribution is -2.36. The topological polar surface area (TPSA) is 70.6 Å². The van der Waals surface area contributed by atoms with Crippen LogP contribution in [0.25, 0.3) is 0 Å². The van der Waals surface area contributed by atoms with Gasteiger partial charge in [0.25, 0.3) is 0 Å². The summed E-state index contributed by atoms with van der Waals surface area (Å²) in [5.41, 5.74) is 0. The number of carbonyl (C=O) groups is 2. The molecule has 0 bridgehead atoms. The summed E-state index contributed by atoms with van der Waals surface area (Å²) in [6.45, 7) is 4.59. The first-order valence-corrected chi connectivity index (χ1v) is 7.59. The van der Waals surface area contributed by atoms with Gasteiger partial charge in [-0.2, -0.15) is 0 Å². The highest BCUT2D eigenvalue weighted by Crippen LogP contribution is 2.16. The van der Waals surface area contributed by atoms with E-state index in [2.05, 4.69) is 15.6 Å². The number of ketones is 1. The van der Waals surface area contributed by atoms with Gasteiger partial charge in [-0.15, -0.1) is 0 Å². The molecule has 0 aliphatic carbocycles. The Bertz CT molecular complexity index is 355. The third-order valence-corrected chi connectivity index (χ3v) is 3.86. The fraction of sp³-hybridized carbons (Fsp3) is 0.800. The molecule has 0 radical (unpaired) electrons. The quantitative estimate of drug-likeness (QED) is 0.626. The summed E-state index contributed by atoms with van der Waals surface area (Å²) >= 11 is 0. The summed E-state index contributed by atoms with van der Waals surface area (Å²) in [7, 11) is 1.82. The molecule has 1 rings (SSSR count). The fourth-order valence-electron chi connectivity index (χ4n) is 2.44. The van der Waals surface area contributed by atoms with E-state index in [1.807, 2.05) is 27.1 Å². The van der Waals surface area contributed by atoms with E-state index >= 15 is 0 Å². The molecule has 1 amide bonds. The maximum atomic E-state index is 11.9. The van der Waals surface area contributed by atoms with Crippen molar-refractivity contribution in [3.05, 3.63) is 0 Å². The minimum Gasteiger partial charge on any atom is -0.354 e. The molecular formula is C15H27N3O2. The van der Waals surface area contributed by atoms with Crippen LogP contribution >= 0.6 is 0 Å². The lowest BCUT2D eigenvalue weighted by molar-refractivity contribution is -0.123. The molecule has 114 valence electrons. The monoisotopic (exact) mass is 281 g/mol. The van der Waals surface area contributed by atoms with E-state index in [4.69, 9.17) is 0 Å². The van der Waals surface area contributed by atoms with Gasteiger partial charge in [0.2, 0.25) is 5.91 Å². The second-order valence-corrected chi connectivity index (χ2v) is 5.44. The van der Waals surface area contributed by atoms with Crippen LogP contribution in [0.3, 0.4) is 0 Å². The van der Waals surface area contributed by atoms with E-state index in [-0.39, 0.29) is 23.8 Å². The van der Waals surface area contributed by atoms with E-state index < -0.39 is 0 Å². The normalized spacial score (nSPS) is 22.8. The van der Waals surface area contributed by atoms with Gasteiger partial charge in [0.15, 0.2) is 0 Å². The summed E-state index contributed by atoms with van der Waals surface area (Å²) in [5.74, 6) is 0.595. The van der Waals surface area contributed by atoms with Crippen LogP contribution in [-0.4, -0.2) is 43.6 Å². The maximum Gasteiger partial charge on any atom is 0.245 e. The number of unbranched alkanes of at least 4 members (excludes halogenated alkanes) is 1. The van der Waals surface area contributed by atoms with E-state index in [0.29, 0.717) is 18.9 Å². The second-order valence-electron chi connectivity index (χ2n) is 5.44. The molecule has 5 heteroatoms. The first-order valence-electron chi connectivity index (χ1n) is 7.59. The Morgan fingerprint density at radius 2 is 2.15 bits per heavy atom. The van der Waals surface area contributed by atoms with Crippen molar-refractivity contribution in [1.29, 1.82) is 0 Å². The third-order valence-electron chi connectivity index (χ3n) is 3.86. The van der Waals surface area contributed by atoms with Gasteiger partial charge in [-0.3, -0.25) is 14.6 Å². The van der Waals surface area contributed by atoms with Gasteiger partial charge in [-0.25, -0.2) is 0 Å². The molecule has 0 aromatic carbocycles. The summed E-state index contributed by atoms with van der Waals surface area (Å²) in [4.78, 5) is 27.6. The average Bonchev–Trinajstić information content (AvgIpc) is 2.88. The number of hydrogen-bond acceptors (Lipinski definition) is 4. The number of Topliss-reactive ketones (excluding diaryl/α,β-unsaturated/α-hetero) is 1. The van der Waals surface area contributed by atoms with E-state index in [0.717, 1.165) is 25.7 Å². The number of amides is 1. The Balaban J connectivity index is 2.14. The minimum atomic E-state index is -0.207. The Morgan fingerprint density at radius 3 is 2.70 bits per heavy atom. The van der Waals surface area contributed by atoms with Gasteiger partial charge in [0.05, 0.1) is 6.04 Å². The van der Waals surface area contributed by atoms with Gasteiger partial charge < -0.3 is 10.6 Å². The lowest BCUT2D eigenvalue weighted by Gasteiger charge is -2.15. The van der Waals surface area contributed by atoms with Crippen molar-refractivity contribution in [2.45, 2.75) is 58.0 Å². The SMILES string of the molecule is CCC(=O)C(CCCCNC(=O)C1N=CCC1C)NC. The van der Waals surface area contributed by atoms with Crippen LogP contribution in [0.5, 0.6) is 0 Å². The van der Waals surface area contributed by atoms with Crippen molar-refractivity contribution in [2.24, 2.45) is 10.9 Å². The van der Waals surface area contributed by atoms with Crippen LogP contribution in [0.1, 0.15) is 46.0 Å². The minimum absolute atomic E-state index is 0.0288. The molecule has 1 aliphatic heterocycles. The van der Waals surface area contributed by atoms with Crippen LogP contribution in [0.4, 0.5) is 0 Å². The highest BCUT2D eigenvalue weighted by Gasteiger charge is 2.26. The van der Waals surface area contributed by atoms with Gasteiger partial charge >= 0.3 is 0 Å². The van der Waals surface area contributed by atoms with Crippen LogP contribution < -0.4 is 10.6 Å². The molecule has 3 unspecified atom stereocenters. The highest BCUT2D eigenvalue weighted by atomic mass is 16.2. The zero-order valence-electron chi connectivity index (χ0n) is 12.8. The molecule has 1 heterocycles. The molecule has 20 heavy (non-hydrogen) atoms. The number of rotatable bonds is 9. The second kappa shape index (κ2) is 8.84. The molecular weight excluding hydrogens is 254 g/mol. The van der Waals surface area contributed by atoms with Crippen molar-refractivity contribution in [2.75, 3.05) is 13.6 Å². The zero-order valence-corrected chi connectivity index (χ0v) is 12.8. The molecule has 0 saturated heterocycles. The lowest BCUT2D eigenvalue weighted by atomic mass is 10.0. The van der Waals surface area contributed by atoms with Crippen molar-refractivity contribution in [3.63, 3.8) is 0 Å². The Kier molecular flexibility index (Phi) is 7.44. The van der Waals surface area contributed by atoms with E-state index in [1.54, 1.807) is 0 Å². The van der Waals surface area contributed by atoms with Gasteiger partial charge in [0.1, 0.15) is 11.8 Å². The molecule has 0 saturated carbocycles. The molecule has 1 aliphatic rings. The van der Waals surface area contributed by atoms with Crippen molar-refractivity contribution < 1.29 is 9.59 Å². The zero-order chi connectivity index (χ0) is 15.0. The molecule has 5 nitrogen and oxygen atoms in total. The van der Waals surface area contributed by atoms with Gasteiger partial charge in [-0.05, 0) is 38.6 Å².